The lowest BCUT2D eigenvalue weighted by atomic mass is 10.2. The zero-order valence-electron chi connectivity index (χ0n) is 16.1. The van der Waals surface area contributed by atoms with Gasteiger partial charge in [0.05, 0.1) is 25.1 Å². The van der Waals surface area contributed by atoms with Gasteiger partial charge < -0.3 is 9.47 Å². The first kappa shape index (κ1) is 19.6. The number of aryl methyl sites for hydroxylation is 1. The van der Waals surface area contributed by atoms with Crippen molar-refractivity contribution in [1.29, 1.82) is 0 Å². The van der Waals surface area contributed by atoms with Gasteiger partial charge in [-0.3, -0.25) is 9.69 Å². The van der Waals surface area contributed by atoms with Crippen LogP contribution in [0.15, 0.2) is 60.0 Å². The smallest absolute Gasteiger partial charge is 0.257 e. The number of rotatable bonds is 7. The van der Waals surface area contributed by atoms with Crippen molar-refractivity contribution in [2.45, 2.75) is 13.8 Å². The molecule has 1 aromatic heterocycles. The van der Waals surface area contributed by atoms with E-state index in [-0.39, 0.29) is 5.91 Å². The highest BCUT2D eigenvalue weighted by Gasteiger charge is 2.18. The minimum atomic E-state index is -0.173. The van der Waals surface area contributed by atoms with Crippen LogP contribution in [0.3, 0.4) is 0 Å². The molecule has 0 aliphatic carbocycles. The van der Waals surface area contributed by atoms with Crippen LogP contribution in [-0.2, 0) is 4.79 Å². The Morgan fingerprint density at radius 1 is 1.18 bits per heavy atom. The number of methoxy groups -OCH3 is 1. The van der Waals surface area contributed by atoms with E-state index in [1.54, 1.807) is 24.2 Å². The van der Waals surface area contributed by atoms with Crippen LogP contribution in [-0.4, -0.2) is 24.6 Å². The third-order valence-electron chi connectivity index (χ3n) is 3.94. The van der Waals surface area contributed by atoms with Crippen LogP contribution in [0.5, 0.6) is 11.5 Å². The van der Waals surface area contributed by atoms with E-state index in [1.807, 2.05) is 67.8 Å². The number of hydrogen-bond donors (Lipinski definition) is 0. The molecule has 144 valence electrons. The zero-order chi connectivity index (χ0) is 19.9. The molecule has 5 nitrogen and oxygen atoms in total. The molecule has 0 N–H and O–H groups in total. The Kier molecular flexibility index (Phi) is 6.45. The van der Waals surface area contributed by atoms with Crippen molar-refractivity contribution in [2.75, 3.05) is 18.6 Å². The summed E-state index contributed by atoms with van der Waals surface area (Å²) in [6.45, 7) is 4.39. The SMILES string of the molecule is CCOc1ccc(/C=C/C(=O)N(c2ccccc2)c2nc(C)cs2)cc1OC. The summed E-state index contributed by atoms with van der Waals surface area (Å²) >= 11 is 1.44. The lowest BCUT2D eigenvalue weighted by molar-refractivity contribution is -0.113. The van der Waals surface area contributed by atoms with Crippen LogP contribution < -0.4 is 14.4 Å². The number of benzene rings is 2. The number of aromatic nitrogens is 1. The third-order valence-corrected chi connectivity index (χ3v) is 4.88. The molecule has 0 fully saturated rings. The van der Waals surface area contributed by atoms with Gasteiger partial charge in [-0.25, -0.2) is 4.98 Å². The number of thiazole rings is 1. The van der Waals surface area contributed by atoms with Gasteiger partial charge in [-0.15, -0.1) is 11.3 Å². The van der Waals surface area contributed by atoms with E-state index < -0.39 is 0 Å². The molecule has 0 radical (unpaired) electrons. The van der Waals surface area contributed by atoms with Crippen molar-refractivity contribution < 1.29 is 14.3 Å². The maximum Gasteiger partial charge on any atom is 0.257 e. The summed E-state index contributed by atoms with van der Waals surface area (Å²) in [5.74, 6) is 1.14. The van der Waals surface area contributed by atoms with Crippen molar-refractivity contribution in [3.63, 3.8) is 0 Å². The van der Waals surface area contributed by atoms with Crippen LogP contribution >= 0.6 is 11.3 Å². The van der Waals surface area contributed by atoms with Gasteiger partial charge in [-0.05, 0) is 49.8 Å². The van der Waals surface area contributed by atoms with Crippen molar-refractivity contribution in [2.24, 2.45) is 0 Å². The monoisotopic (exact) mass is 394 g/mol. The summed E-state index contributed by atoms with van der Waals surface area (Å²) in [5, 5.41) is 2.57. The van der Waals surface area contributed by atoms with Crippen LogP contribution in [0.4, 0.5) is 10.8 Å². The summed E-state index contributed by atoms with van der Waals surface area (Å²) < 4.78 is 10.9. The van der Waals surface area contributed by atoms with Crippen molar-refractivity contribution in [1.82, 2.24) is 4.98 Å². The van der Waals surface area contributed by atoms with E-state index in [4.69, 9.17) is 9.47 Å². The Morgan fingerprint density at radius 3 is 2.61 bits per heavy atom. The molecular weight excluding hydrogens is 372 g/mol. The molecular formula is C22H22N2O3S. The lowest BCUT2D eigenvalue weighted by Gasteiger charge is -2.18. The molecule has 0 aliphatic heterocycles. The van der Waals surface area contributed by atoms with Gasteiger partial charge in [0, 0.05) is 11.5 Å². The van der Waals surface area contributed by atoms with Gasteiger partial charge in [0.1, 0.15) is 0 Å². The molecule has 3 rings (SSSR count). The average Bonchev–Trinajstić information content (AvgIpc) is 3.14. The van der Waals surface area contributed by atoms with Crippen LogP contribution in [0.2, 0.25) is 0 Å². The maximum absolute atomic E-state index is 13.0. The Bertz CT molecular complexity index is 967. The fourth-order valence-electron chi connectivity index (χ4n) is 2.66. The average molecular weight is 394 g/mol. The number of carbonyl (C=O) groups is 1. The molecule has 1 heterocycles. The second kappa shape index (κ2) is 9.19. The Hall–Kier alpha value is -3.12. The molecule has 1 amide bonds. The maximum atomic E-state index is 13.0. The Morgan fingerprint density at radius 2 is 1.96 bits per heavy atom. The fraction of sp³-hybridized carbons (Fsp3) is 0.182. The Balaban J connectivity index is 1.88. The van der Waals surface area contributed by atoms with E-state index in [2.05, 4.69) is 4.98 Å². The fourth-order valence-corrected chi connectivity index (χ4v) is 3.48. The molecule has 2 aromatic carbocycles. The van der Waals surface area contributed by atoms with Gasteiger partial charge in [0.25, 0.3) is 5.91 Å². The summed E-state index contributed by atoms with van der Waals surface area (Å²) in [7, 11) is 1.60. The highest BCUT2D eigenvalue weighted by molar-refractivity contribution is 7.14. The molecule has 0 unspecified atom stereocenters. The number of amides is 1. The predicted octanol–water partition coefficient (Wildman–Crippen LogP) is 5.24. The van der Waals surface area contributed by atoms with Gasteiger partial charge in [0.15, 0.2) is 16.6 Å². The second-order valence-corrected chi connectivity index (χ2v) is 6.79. The first-order chi connectivity index (χ1) is 13.6. The number of ether oxygens (including phenoxy) is 2. The molecule has 0 saturated heterocycles. The van der Waals surface area contributed by atoms with E-state index in [0.717, 1.165) is 16.9 Å². The highest BCUT2D eigenvalue weighted by Crippen LogP contribution is 2.30. The number of para-hydroxylation sites is 1. The van der Waals surface area contributed by atoms with E-state index in [9.17, 15) is 4.79 Å². The second-order valence-electron chi connectivity index (χ2n) is 5.96. The lowest BCUT2D eigenvalue weighted by Crippen LogP contribution is -2.23. The standard InChI is InChI=1S/C22H22N2O3S/c1-4-27-19-12-10-17(14-20(19)26-3)11-13-21(25)24(18-8-6-5-7-9-18)22-23-16(2)15-28-22/h5-15H,4H2,1-3H3/b13-11+. The quantitative estimate of drug-likeness (QED) is 0.515. The highest BCUT2D eigenvalue weighted by atomic mass is 32.1. The van der Waals surface area contributed by atoms with E-state index >= 15 is 0 Å². The van der Waals surface area contributed by atoms with Gasteiger partial charge in [0.2, 0.25) is 0 Å². The molecule has 0 aliphatic rings. The minimum absolute atomic E-state index is 0.173. The summed E-state index contributed by atoms with van der Waals surface area (Å²) in [4.78, 5) is 19.1. The van der Waals surface area contributed by atoms with Crippen molar-refractivity contribution in [3.05, 3.63) is 71.2 Å². The largest absolute Gasteiger partial charge is 0.493 e. The molecule has 28 heavy (non-hydrogen) atoms. The first-order valence-corrected chi connectivity index (χ1v) is 9.80. The molecule has 0 spiro atoms. The van der Waals surface area contributed by atoms with Gasteiger partial charge in [-0.2, -0.15) is 0 Å². The minimum Gasteiger partial charge on any atom is -0.493 e. The predicted molar refractivity (Wildman–Crippen MR) is 114 cm³/mol. The van der Waals surface area contributed by atoms with Crippen molar-refractivity contribution in [3.8, 4) is 11.5 Å². The first-order valence-electron chi connectivity index (χ1n) is 8.92. The van der Waals surface area contributed by atoms with Crippen LogP contribution in [0.1, 0.15) is 18.2 Å². The number of carbonyl (C=O) groups excluding carboxylic acids is 1. The Labute approximate surface area is 168 Å². The van der Waals surface area contributed by atoms with E-state index in [1.165, 1.54) is 11.3 Å². The summed E-state index contributed by atoms with van der Waals surface area (Å²) in [5.41, 5.74) is 2.50. The number of anilines is 2. The van der Waals surface area contributed by atoms with Crippen molar-refractivity contribution >= 4 is 34.1 Å². The van der Waals surface area contributed by atoms with Gasteiger partial charge >= 0.3 is 0 Å². The van der Waals surface area contributed by atoms with Crippen LogP contribution in [0.25, 0.3) is 6.08 Å². The molecule has 6 heteroatoms. The summed E-state index contributed by atoms with van der Waals surface area (Å²) in [6, 6.07) is 15.1. The molecule has 0 atom stereocenters. The summed E-state index contributed by atoms with van der Waals surface area (Å²) in [6.07, 6.45) is 3.30. The zero-order valence-corrected chi connectivity index (χ0v) is 16.9. The number of nitrogens with zero attached hydrogens (tertiary/aromatic N) is 2. The topological polar surface area (TPSA) is 51.7 Å². The van der Waals surface area contributed by atoms with E-state index in [0.29, 0.717) is 23.2 Å². The third kappa shape index (κ3) is 4.58. The molecule has 0 bridgehead atoms. The number of hydrogen-bond acceptors (Lipinski definition) is 5. The molecule has 0 saturated carbocycles. The van der Waals surface area contributed by atoms with Crippen LogP contribution in [0, 0.1) is 6.92 Å². The van der Waals surface area contributed by atoms with Gasteiger partial charge in [-0.1, -0.05) is 24.3 Å². The normalized spacial score (nSPS) is 10.8. The molecule has 3 aromatic rings.